The van der Waals surface area contributed by atoms with Crippen molar-refractivity contribution in [1.82, 2.24) is 4.90 Å². The van der Waals surface area contributed by atoms with Crippen LogP contribution < -0.4 is 10.2 Å². The van der Waals surface area contributed by atoms with Gasteiger partial charge in [-0.05, 0) is 68.1 Å². The highest BCUT2D eigenvalue weighted by Gasteiger charge is 2.30. The van der Waals surface area contributed by atoms with Gasteiger partial charge in [0.25, 0.3) is 11.8 Å². The average molecular weight is 431 g/mol. The number of nitrogens with one attached hydrogen (secondary N) is 1. The van der Waals surface area contributed by atoms with Crippen LogP contribution in [-0.4, -0.2) is 42.9 Å². The Kier molecular flexibility index (Phi) is 5.89. The van der Waals surface area contributed by atoms with E-state index in [4.69, 9.17) is 0 Å². The maximum absolute atomic E-state index is 13.1. The van der Waals surface area contributed by atoms with E-state index in [1.54, 1.807) is 12.1 Å². The first-order valence-corrected chi connectivity index (χ1v) is 10.5. The molecule has 2 saturated heterocycles. The summed E-state index contributed by atoms with van der Waals surface area (Å²) in [6.07, 6.45) is -0.344. The average Bonchev–Trinajstić information content (AvgIpc) is 3.47. The molecule has 0 spiro atoms. The normalized spacial score (nSPS) is 16.6. The van der Waals surface area contributed by atoms with Gasteiger partial charge in [0.15, 0.2) is 0 Å². The number of hydrogen-bond acceptors (Lipinski definition) is 3. The molecule has 4 rings (SSSR count). The molecule has 0 aliphatic carbocycles. The van der Waals surface area contributed by atoms with E-state index in [-0.39, 0.29) is 11.5 Å². The molecule has 2 aliphatic heterocycles. The molecule has 2 amide bonds. The summed E-state index contributed by atoms with van der Waals surface area (Å²) in [5.74, 6) is -0.577. The molecule has 164 valence electrons. The van der Waals surface area contributed by atoms with Gasteiger partial charge in [-0.1, -0.05) is 0 Å². The van der Waals surface area contributed by atoms with Crippen LogP contribution in [0.15, 0.2) is 42.5 Å². The van der Waals surface area contributed by atoms with E-state index in [9.17, 15) is 22.8 Å². The number of amides is 2. The van der Waals surface area contributed by atoms with Crippen molar-refractivity contribution in [3.05, 3.63) is 59.2 Å². The Balaban J connectivity index is 1.57. The number of carbonyl (C=O) groups excluding carboxylic acids is 2. The minimum Gasteiger partial charge on any atom is -0.371 e. The first kappa shape index (κ1) is 21.2. The molecule has 0 aromatic heterocycles. The van der Waals surface area contributed by atoms with E-state index in [0.29, 0.717) is 11.3 Å². The van der Waals surface area contributed by atoms with Crippen molar-refractivity contribution in [3.63, 3.8) is 0 Å². The summed E-state index contributed by atoms with van der Waals surface area (Å²) in [4.78, 5) is 29.7. The van der Waals surface area contributed by atoms with Gasteiger partial charge in [0.05, 0.1) is 11.1 Å². The third-order valence-electron chi connectivity index (χ3n) is 5.80. The van der Waals surface area contributed by atoms with Crippen molar-refractivity contribution in [2.24, 2.45) is 0 Å². The molecule has 5 nitrogen and oxygen atoms in total. The van der Waals surface area contributed by atoms with E-state index in [2.05, 4.69) is 10.2 Å². The minimum atomic E-state index is -4.45. The van der Waals surface area contributed by atoms with Crippen LogP contribution in [0.25, 0.3) is 0 Å². The lowest BCUT2D eigenvalue weighted by atomic mass is 10.1. The zero-order valence-electron chi connectivity index (χ0n) is 17.0. The maximum atomic E-state index is 13.1. The predicted octanol–water partition coefficient (Wildman–Crippen LogP) is 4.79. The van der Waals surface area contributed by atoms with E-state index in [1.807, 2.05) is 11.0 Å². The second-order valence-electron chi connectivity index (χ2n) is 7.95. The lowest BCUT2D eigenvalue weighted by Crippen LogP contribution is -2.30. The van der Waals surface area contributed by atoms with Crippen molar-refractivity contribution in [2.45, 2.75) is 31.9 Å². The lowest BCUT2D eigenvalue weighted by molar-refractivity contribution is -0.137. The van der Waals surface area contributed by atoms with E-state index >= 15 is 0 Å². The van der Waals surface area contributed by atoms with Gasteiger partial charge in [0, 0.05) is 43.1 Å². The van der Waals surface area contributed by atoms with Crippen LogP contribution in [-0.2, 0) is 6.18 Å². The Morgan fingerprint density at radius 1 is 0.839 bits per heavy atom. The maximum Gasteiger partial charge on any atom is 0.416 e. The Hall–Kier alpha value is -3.03. The van der Waals surface area contributed by atoms with E-state index in [0.717, 1.165) is 81.8 Å². The molecule has 2 aromatic rings. The number of anilines is 2. The largest absolute Gasteiger partial charge is 0.416 e. The number of hydrogen-bond donors (Lipinski definition) is 1. The van der Waals surface area contributed by atoms with Gasteiger partial charge in [-0.3, -0.25) is 9.59 Å². The first-order chi connectivity index (χ1) is 14.8. The first-order valence-electron chi connectivity index (χ1n) is 10.5. The summed E-state index contributed by atoms with van der Waals surface area (Å²) in [7, 11) is 0. The molecule has 8 heteroatoms. The lowest BCUT2D eigenvalue weighted by Gasteiger charge is -2.24. The number of halogens is 3. The number of rotatable bonds is 4. The van der Waals surface area contributed by atoms with Gasteiger partial charge < -0.3 is 15.1 Å². The molecular weight excluding hydrogens is 407 g/mol. The number of carbonyl (C=O) groups is 2. The highest BCUT2D eigenvalue weighted by Crippen LogP contribution is 2.31. The van der Waals surface area contributed by atoms with Gasteiger partial charge in [0.2, 0.25) is 0 Å². The van der Waals surface area contributed by atoms with Crippen molar-refractivity contribution < 1.29 is 22.8 Å². The monoisotopic (exact) mass is 431 g/mol. The standard InChI is InChI=1S/C23H24F3N3O2/c24-23(25,26)17-7-5-16(6-8-17)21(30)27-18-9-10-20(28-11-1-2-12-28)19(15-18)22(31)29-13-3-4-14-29/h5-10,15H,1-4,11-14H2,(H,27,30). The smallest absolute Gasteiger partial charge is 0.371 e. The van der Waals surface area contributed by atoms with E-state index < -0.39 is 17.6 Å². The number of alkyl halides is 3. The van der Waals surface area contributed by atoms with Crippen LogP contribution in [0.4, 0.5) is 24.5 Å². The zero-order valence-corrected chi connectivity index (χ0v) is 17.0. The van der Waals surface area contributed by atoms with Gasteiger partial charge in [-0.15, -0.1) is 0 Å². The summed E-state index contributed by atoms with van der Waals surface area (Å²) in [5.41, 5.74) is 1.16. The number of benzene rings is 2. The molecule has 0 saturated carbocycles. The second-order valence-corrected chi connectivity index (χ2v) is 7.95. The van der Waals surface area contributed by atoms with Crippen LogP contribution in [0.3, 0.4) is 0 Å². The zero-order chi connectivity index (χ0) is 22.0. The third kappa shape index (κ3) is 4.68. The summed E-state index contributed by atoms with van der Waals surface area (Å²) < 4.78 is 38.2. The molecule has 31 heavy (non-hydrogen) atoms. The molecule has 0 atom stereocenters. The molecule has 2 aliphatic rings. The van der Waals surface area contributed by atoms with Gasteiger partial charge in [0.1, 0.15) is 0 Å². The van der Waals surface area contributed by atoms with Crippen LogP contribution in [0.1, 0.15) is 52.0 Å². The quantitative estimate of drug-likeness (QED) is 0.757. The van der Waals surface area contributed by atoms with Gasteiger partial charge in [-0.25, -0.2) is 0 Å². The molecular formula is C23H24F3N3O2. The van der Waals surface area contributed by atoms with Crippen molar-refractivity contribution in [3.8, 4) is 0 Å². The molecule has 2 aromatic carbocycles. The van der Waals surface area contributed by atoms with Gasteiger partial charge in [-0.2, -0.15) is 13.2 Å². The third-order valence-corrected chi connectivity index (χ3v) is 5.80. The van der Waals surface area contributed by atoms with Gasteiger partial charge >= 0.3 is 6.18 Å². The van der Waals surface area contributed by atoms with Crippen molar-refractivity contribution >= 4 is 23.2 Å². The Morgan fingerprint density at radius 2 is 1.45 bits per heavy atom. The predicted molar refractivity (Wildman–Crippen MR) is 112 cm³/mol. The highest BCUT2D eigenvalue weighted by atomic mass is 19.4. The second kappa shape index (κ2) is 8.61. The van der Waals surface area contributed by atoms with Crippen LogP contribution >= 0.6 is 0 Å². The molecule has 2 fully saturated rings. The SMILES string of the molecule is O=C(Nc1ccc(N2CCCC2)c(C(=O)N2CCCC2)c1)c1ccc(C(F)(F)F)cc1. The van der Waals surface area contributed by atoms with Crippen molar-refractivity contribution in [2.75, 3.05) is 36.4 Å². The topological polar surface area (TPSA) is 52.7 Å². The Labute approximate surface area is 178 Å². The Bertz CT molecular complexity index is 961. The minimum absolute atomic E-state index is 0.0509. The molecule has 1 N–H and O–H groups in total. The number of nitrogens with zero attached hydrogens (tertiary/aromatic N) is 2. The summed E-state index contributed by atoms with van der Waals surface area (Å²) in [6, 6.07) is 9.31. The summed E-state index contributed by atoms with van der Waals surface area (Å²) >= 11 is 0. The van der Waals surface area contributed by atoms with E-state index in [1.165, 1.54) is 0 Å². The molecule has 0 unspecified atom stereocenters. The van der Waals surface area contributed by atoms with Crippen LogP contribution in [0.2, 0.25) is 0 Å². The fourth-order valence-corrected chi connectivity index (χ4v) is 4.12. The molecule has 0 bridgehead atoms. The Morgan fingerprint density at radius 3 is 2.06 bits per heavy atom. The molecule has 2 heterocycles. The fourth-order valence-electron chi connectivity index (χ4n) is 4.12. The van der Waals surface area contributed by atoms with Crippen molar-refractivity contribution in [1.29, 1.82) is 0 Å². The molecule has 0 radical (unpaired) electrons. The van der Waals surface area contributed by atoms with Crippen LogP contribution in [0, 0.1) is 0 Å². The summed E-state index contributed by atoms with van der Waals surface area (Å²) in [6.45, 7) is 3.22. The van der Waals surface area contributed by atoms with Crippen LogP contribution in [0.5, 0.6) is 0 Å². The summed E-state index contributed by atoms with van der Waals surface area (Å²) in [5, 5.41) is 2.71. The fraction of sp³-hybridized carbons (Fsp3) is 0.391. The highest BCUT2D eigenvalue weighted by molar-refractivity contribution is 6.06. The number of likely N-dealkylation sites (tertiary alicyclic amines) is 1.